The van der Waals surface area contributed by atoms with Gasteiger partial charge in [-0.3, -0.25) is 9.78 Å². The summed E-state index contributed by atoms with van der Waals surface area (Å²) in [5.74, 6) is -0.372. The fourth-order valence-corrected chi connectivity index (χ4v) is 2.19. The summed E-state index contributed by atoms with van der Waals surface area (Å²) in [7, 11) is 2.99. The molecule has 5 nitrogen and oxygen atoms in total. The Hall–Kier alpha value is -2.69. The number of hydrogen-bond acceptors (Lipinski definition) is 4. The van der Waals surface area contributed by atoms with E-state index < -0.39 is 5.97 Å². The minimum Gasteiger partial charge on any atom is -0.465 e. The highest BCUT2D eigenvalue weighted by Crippen LogP contribution is 2.22. The van der Waals surface area contributed by atoms with Crippen LogP contribution in [0.15, 0.2) is 42.7 Å². The second-order valence-electron chi connectivity index (χ2n) is 5.57. The lowest BCUT2D eigenvalue weighted by Gasteiger charge is -2.19. The number of anilines is 1. The first kappa shape index (κ1) is 16.7. The van der Waals surface area contributed by atoms with Crippen molar-refractivity contribution in [2.75, 3.05) is 19.1 Å². The van der Waals surface area contributed by atoms with E-state index in [1.54, 1.807) is 11.9 Å². The molecule has 2 rings (SSSR count). The number of ether oxygens (including phenoxy) is 1. The monoisotopic (exact) mass is 312 g/mol. The highest BCUT2D eigenvalue weighted by molar-refractivity contribution is 6.06. The molecule has 0 saturated carbocycles. The number of benzene rings is 1. The molecule has 0 bridgehead atoms. The first-order valence-electron chi connectivity index (χ1n) is 7.35. The molecule has 0 N–H and O–H groups in total. The highest BCUT2D eigenvalue weighted by Gasteiger charge is 2.17. The zero-order valence-electron chi connectivity index (χ0n) is 13.7. The first-order chi connectivity index (χ1) is 10.9. The maximum Gasteiger partial charge on any atom is 0.339 e. The van der Waals surface area contributed by atoms with E-state index in [2.05, 4.69) is 23.6 Å². The minimum atomic E-state index is -0.517. The fourth-order valence-electron chi connectivity index (χ4n) is 2.19. The fraction of sp³-hybridized carbons (Fsp3) is 0.278. The van der Waals surface area contributed by atoms with Crippen LogP contribution in [0, 0.1) is 0 Å². The van der Waals surface area contributed by atoms with Crippen LogP contribution >= 0.6 is 0 Å². The lowest BCUT2D eigenvalue weighted by molar-refractivity contribution is 0.0600. The molecule has 0 aliphatic rings. The topological polar surface area (TPSA) is 59.5 Å². The van der Waals surface area contributed by atoms with E-state index in [9.17, 15) is 9.59 Å². The van der Waals surface area contributed by atoms with Crippen LogP contribution in [-0.2, 0) is 4.74 Å². The Labute approximate surface area is 135 Å². The average Bonchev–Trinajstić information content (AvgIpc) is 2.59. The number of hydrogen-bond donors (Lipinski definition) is 0. The molecule has 0 saturated heterocycles. The number of carbonyl (C=O) groups is 2. The number of pyridine rings is 1. The van der Waals surface area contributed by atoms with Crippen molar-refractivity contribution in [2.24, 2.45) is 0 Å². The lowest BCUT2D eigenvalue weighted by atomic mass is 10.0. The van der Waals surface area contributed by atoms with Gasteiger partial charge in [0.25, 0.3) is 5.91 Å². The second-order valence-corrected chi connectivity index (χ2v) is 5.57. The summed E-state index contributed by atoms with van der Waals surface area (Å²) in [6, 6.07) is 9.31. The van der Waals surface area contributed by atoms with E-state index in [1.165, 1.54) is 25.6 Å². The predicted molar refractivity (Wildman–Crippen MR) is 88.8 cm³/mol. The molecule has 1 aromatic heterocycles. The third-order valence-electron chi connectivity index (χ3n) is 3.64. The largest absolute Gasteiger partial charge is 0.465 e. The van der Waals surface area contributed by atoms with Crippen LogP contribution in [0.3, 0.4) is 0 Å². The van der Waals surface area contributed by atoms with Crippen molar-refractivity contribution in [1.82, 2.24) is 4.98 Å². The van der Waals surface area contributed by atoms with E-state index in [1.807, 2.05) is 24.3 Å². The van der Waals surface area contributed by atoms with Crippen molar-refractivity contribution in [3.63, 3.8) is 0 Å². The third-order valence-corrected chi connectivity index (χ3v) is 3.64. The average molecular weight is 312 g/mol. The first-order valence-corrected chi connectivity index (χ1v) is 7.35. The van der Waals surface area contributed by atoms with Crippen molar-refractivity contribution in [3.05, 3.63) is 59.4 Å². The molecule has 0 unspecified atom stereocenters. The lowest BCUT2D eigenvalue weighted by Crippen LogP contribution is -2.26. The van der Waals surface area contributed by atoms with Gasteiger partial charge in [-0.25, -0.2) is 4.79 Å². The summed E-state index contributed by atoms with van der Waals surface area (Å²) in [6.45, 7) is 4.20. The Bertz CT molecular complexity index is 726. The van der Waals surface area contributed by atoms with Crippen LogP contribution in [0.4, 0.5) is 5.69 Å². The summed E-state index contributed by atoms with van der Waals surface area (Å²) in [4.78, 5) is 29.7. The zero-order chi connectivity index (χ0) is 17.0. The summed E-state index contributed by atoms with van der Waals surface area (Å²) >= 11 is 0. The van der Waals surface area contributed by atoms with Gasteiger partial charge in [0, 0.05) is 25.1 Å². The van der Waals surface area contributed by atoms with Crippen LogP contribution < -0.4 is 4.90 Å². The second kappa shape index (κ2) is 7.05. The molecule has 0 spiro atoms. The number of aromatic nitrogens is 1. The molecule has 0 aliphatic heterocycles. The molecule has 0 fully saturated rings. The van der Waals surface area contributed by atoms with Crippen LogP contribution in [-0.4, -0.2) is 31.0 Å². The van der Waals surface area contributed by atoms with Gasteiger partial charge in [-0.1, -0.05) is 26.0 Å². The van der Waals surface area contributed by atoms with Gasteiger partial charge in [0.05, 0.1) is 18.2 Å². The molecule has 1 heterocycles. The molecule has 1 amide bonds. The molecular weight excluding hydrogens is 292 g/mol. The van der Waals surface area contributed by atoms with Crippen molar-refractivity contribution in [3.8, 4) is 0 Å². The third kappa shape index (κ3) is 3.74. The maximum absolute atomic E-state index is 12.6. The summed E-state index contributed by atoms with van der Waals surface area (Å²) in [5.41, 5.74) is 2.54. The molecule has 5 heteroatoms. The van der Waals surface area contributed by atoms with Crippen molar-refractivity contribution in [2.45, 2.75) is 19.8 Å². The Morgan fingerprint density at radius 3 is 2.48 bits per heavy atom. The van der Waals surface area contributed by atoms with E-state index in [-0.39, 0.29) is 11.5 Å². The Morgan fingerprint density at radius 2 is 1.83 bits per heavy atom. The van der Waals surface area contributed by atoms with Crippen molar-refractivity contribution >= 4 is 17.6 Å². The van der Waals surface area contributed by atoms with E-state index in [0.717, 1.165) is 11.3 Å². The van der Waals surface area contributed by atoms with Gasteiger partial charge in [-0.15, -0.1) is 0 Å². The number of carbonyl (C=O) groups excluding carboxylic acids is 2. The number of rotatable bonds is 4. The SMILES string of the molecule is COC(=O)c1cncc(C(=O)N(C)c2cccc(C(C)C)c2)c1. The number of nitrogens with zero attached hydrogens (tertiary/aromatic N) is 2. The number of esters is 1. The summed E-state index contributed by atoms with van der Waals surface area (Å²) in [5, 5.41) is 0. The van der Waals surface area contributed by atoms with Gasteiger partial charge >= 0.3 is 5.97 Å². The minimum absolute atomic E-state index is 0.232. The van der Waals surface area contributed by atoms with Gasteiger partial charge in [0.2, 0.25) is 0 Å². The van der Waals surface area contributed by atoms with Crippen molar-refractivity contribution in [1.29, 1.82) is 0 Å². The summed E-state index contributed by atoms with van der Waals surface area (Å²) in [6.07, 6.45) is 2.82. The Balaban J connectivity index is 2.29. The number of methoxy groups -OCH3 is 1. The molecular formula is C18H20N2O3. The molecule has 2 aromatic rings. The van der Waals surface area contributed by atoms with Gasteiger partial charge in [-0.05, 0) is 29.7 Å². The van der Waals surface area contributed by atoms with Crippen LogP contribution in [0.2, 0.25) is 0 Å². The van der Waals surface area contributed by atoms with Gasteiger partial charge in [0.15, 0.2) is 0 Å². The summed E-state index contributed by atoms with van der Waals surface area (Å²) < 4.78 is 4.65. The van der Waals surface area contributed by atoms with Crippen LogP contribution in [0.1, 0.15) is 46.0 Å². The number of amides is 1. The quantitative estimate of drug-likeness (QED) is 0.813. The standard InChI is InChI=1S/C18H20N2O3/c1-12(2)13-6-5-7-16(9-13)20(3)17(21)14-8-15(11-19-10-14)18(22)23-4/h5-12H,1-4H3. The Kier molecular flexibility index (Phi) is 5.11. The molecule has 0 aliphatic carbocycles. The van der Waals surface area contributed by atoms with Gasteiger partial charge in [-0.2, -0.15) is 0 Å². The van der Waals surface area contributed by atoms with Crippen LogP contribution in [0.25, 0.3) is 0 Å². The smallest absolute Gasteiger partial charge is 0.339 e. The molecule has 120 valence electrons. The van der Waals surface area contributed by atoms with E-state index >= 15 is 0 Å². The van der Waals surface area contributed by atoms with Crippen molar-refractivity contribution < 1.29 is 14.3 Å². The zero-order valence-corrected chi connectivity index (χ0v) is 13.7. The molecule has 23 heavy (non-hydrogen) atoms. The van der Waals surface area contributed by atoms with E-state index in [0.29, 0.717) is 11.5 Å². The van der Waals surface area contributed by atoms with Crippen LogP contribution in [0.5, 0.6) is 0 Å². The maximum atomic E-state index is 12.6. The predicted octanol–water partition coefficient (Wildman–Crippen LogP) is 3.27. The molecule has 0 atom stereocenters. The Morgan fingerprint density at radius 1 is 1.13 bits per heavy atom. The normalized spacial score (nSPS) is 10.5. The molecule has 0 radical (unpaired) electrons. The molecule has 1 aromatic carbocycles. The van der Waals surface area contributed by atoms with Gasteiger partial charge in [0.1, 0.15) is 0 Å². The highest BCUT2D eigenvalue weighted by atomic mass is 16.5. The van der Waals surface area contributed by atoms with Gasteiger partial charge < -0.3 is 9.64 Å². The van der Waals surface area contributed by atoms with E-state index in [4.69, 9.17) is 0 Å².